The zero-order valence-electron chi connectivity index (χ0n) is 6.12. The zero-order chi connectivity index (χ0) is 7.56. The molecule has 0 amide bonds. The van der Waals surface area contributed by atoms with Crippen LogP contribution in [-0.2, 0) is 7.05 Å². The Morgan fingerprint density at radius 3 is 2.80 bits per heavy atom. The first kappa shape index (κ1) is 7.31. The molecule has 0 aliphatic rings. The Balaban J connectivity index is 2.82. The van der Waals surface area contributed by atoms with E-state index in [2.05, 4.69) is 0 Å². The molecular formula is C7H13N3. The highest BCUT2D eigenvalue weighted by atomic mass is 15.0. The van der Waals surface area contributed by atoms with E-state index in [0.29, 0.717) is 6.54 Å². The van der Waals surface area contributed by atoms with E-state index in [1.54, 1.807) is 0 Å². The second kappa shape index (κ2) is 2.86. The molecule has 0 aliphatic carbocycles. The Hall–Kier alpha value is -0.800. The Bertz CT molecular complexity index is 204. The predicted octanol–water partition coefficient (Wildman–Crippen LogP) is -0.0164. The molecule has 1 atom stereocenters. The van der Waals surface area contributed by atoms with E-state index in [-0.39, 0.29) is 6.04 Å². The number of rotatable bonds is 2. The van der Waals surface area contributed by atoms with E-state index in [4.69, 9.17) is 11.5 Å². The molecule has 0 aromatic carbocycles. The van der Waals surface area contributed by atoms with Gasteiger partial charge in [-0.15, -0.1) is 0 Å². The van der Waals surface area contributed by atoms with Crippen molar-refractivity contribution in [2.45, 2.75) is 6.04 Å². The van der Waals surface area contributed by atoms with Gasteiger partial charge in [-0.3, -0.25) is 0 Å². The number of aryl methyl sites for hydroxylation is 1. The number of hydrogen-bond donors (Lipinski definition) is 2. The van der Waals surface area contributed by atoms with E-state index in [0.717, 1.165) is 5.69 Å². The summed E-state index contributed by atoms with van der Waals surface area (Å²) in [6.45, 7) is 0.498. The average Bonchev–Trinajstić information content (AvgIpc) is 2.34. The van der Waals surface area contributed by atoms with Crippen LogP contribution in [0.15, 0.2) is 18.3 Å². The second-order valence-corrected chi connectivity index (χ2v) is 2.39. The Morgan fingerprint density at radius 1 is 1.70 bits per heavy atom. The fourth-order valence-corrected chi connectivity index (χ4v) is 0.980. The van der Waals surface area contributed by atoms with Gasteiger partial charge in [0, 0.05) is 25.5 Å². The van der Waals surface area contributed by atoms with Crippen molar-refractivity contribution in [1.82, 2.24) is 4.57 Å². The molecule has 0 bridgehead atoms. The van der Waals surface area contributed by atoms with Crippen molar-refractivity contribution in [2.24, 2.45) is 18.5 Å². The van der Waals surface area contributed by atoms with Crippen molar-refractivity contribution < 1.29 is 0 Å². The van der Waals surface area contributed by atoms with E-state index in [9.17, 15) is 0 Å². The van der Waals surface area contributed by atoms with Crippen molar-refractivity contribution in [3.63, 3.8) is 0 Å². The number of nitrogens with zero attached hydrogens (tertiary/aromatic N) is 1. The molecule has 56 valence electrons. The summed E-state index contributed by atoms with van der Waals surface area (Å²) in [6, 6.07) is 3.92. The lowest BCUT2D eigenvalue weighted by Gasteiger charge is -2.09. The highest BCUT2D eigenvalue weighted by molar-refractivity contribution is 5.11. The first-order chi connectivity index (χ1) is 4.75. The van der Waals surface area contributed by atoms with Crippen LogP contribution in [0, 0.1) is 0 Å². The SMILES string of the molecule is Cn1cccc1C(N)CN. The summed E-state index contributed by atoms with van der Waals surface area (Å²) >= 11 is 0. The van der Waals surface area contributed by atoms with Gasteiger partial charge in [-0.25, -0.2) is 0 Å². The molecule has 1 aromatic heterocycles. The van der Waals surface area contributed by atoms with Crippen LogP contribution in [0.1, 0.15) is 11.7 Å². The first-order valence-corrected chi connectivity index (χ1v) is 3.32. The number of aromatic nitrogens is 1. The maximum Gasteiger partial charge on any atom is 0.0574 e. The molecule has 0 saturated carbocycles. The third kappa shape index (κ3) is 1.20. The molecule has 0 fully saturated rings. The molecule has 0 aliphatic heterocycles. The van der Waals surface area contributed by atoms with Crippen LogP contribution in [-0.4, -0.2) is 11.1 Å². The molecule has 10 heavy (non-hydrogen) atoms. The van der Waals surface area contributed by atoms with Crippen molar-refractivity contribution in [1.29, 1.82) is 0 Å². The topological polar surface area (TPSA) is 57.0 Å². The van der Waals surface area contributed by atoms with Crippen molar-refractivity contribution >= 4 is 0 Å². The largest absolute Gasteiger partial charge is 0.353 e. The molecule has 1 rings (SSSR count). The van der Waals surface area contributed by atoms with Crippen LogP contribution in [0.2, 0.25) is 0 Å². The summed E-state index contributed by atoms with van der Waals surface area (Å²) in [5.41, 5.74) is 12.2. The second-order valence-electron chi connectivity index (χ2n) is 2.39. The van der Waals surface area contributed by atoms with Crippen molar-refractivity contribution in [3.05, 3.63) is 24.0 Å². The monoisotopic (exact) mass is 139 g/mol. The molecule has 0 radical (unpaired) electrons. The first-order valence-electron chi connectivity index (χ1n) is 3.32. The Morgan fingerprint density at radius 2 is 2.40 bits per heavy atom. The van der Waals surface area contributed by atoms with Crippen LogP contribution in [0.4, 0.5) is 0 Å². The molecule has 0 spiro atoms. The van der Waals surface area contributed by atoms with Gasteiger partial charge in [0.15, 0.2) is 0 Å². The minimum absolute atomic E-state index is 0.0278. The van der Waals surface area contributed by atoms with Gasteiger partial charge in [0.1, 0.15) is 0 Å². The lowest BCUT2D eigenvalue weighted by Crippen LogP contribution is -2.22. The summed E-state index contributed by atoms with van der Waals surface area (Å²) in [4.78, 5) is 0. The fraction of sp³-hybridized carbons (Fsp3) is 0.429. The standard InChI is InChI=1S/C7H13N3/c1-10-4-2-3-7(10)6(9)5-8/h2-4,6H,5,8-9H2,1H3. The number of hydrogen-bond acceptors (Lipinski definition) is 2. The molecule has 1 heterocycles. The molecule has 3 heteroatoms. The summed E-state index contributed by atoms with van der Waals surface area (Å²) in [6.07, 6.45) is 1.96. The average molecular weight is 139 g/mol. The highest BCUT2D eigenvalue weighted by Gasteiger charge is 2.04. The van der Waals surface area contributed by atoms with Crippen LogP contribution in [0.25, 0.3) is 0 Å². The normalized spacial score (nSPS) is 13.5. The summed E-state index contributed by atoms with van der Waals surface area (Å²) in [5.74, 6) is 0. The van der Waals surface area contributed by atoms with Gasteiger partial charge >= 0.3 is 0 Å². The van der Waals surface area contributed by atoms with E-state index < -0.39 is 0 Å². The van der Waals surface area contributed by atoms with Crippen molar-refractivity contribution in [3.8, 4) is 0 Å². The van der Waals surface area contributed by atoms with E-state index in [1.807, 2.05) is 29.9 Å². The van der Waals surface area contributed by atoms with Gasteiger partial charge < -0.3 is 16.0 Å². The Kier molecular flexibility index (Phi) is 2.09. The van der Waals surface area contributed by atoms with E-state index in [1.165, 1.54) is 0 Å². The van der Waals surface area contributed by atoms with Gasteiger partial charge in [-0.1, -0.05) is 0 Å². The van der Waals surface area contributed by atoms with Crippen LogP contribution >= 0.6 is 0 Å². The van der Waals surface area contributed by atoms with E-state index >= 15 is 0 Å². The van der Waals surface area contributed by atoms with Gasteiger partial charge in [0.05, 0.1) is 6.04 Å². The lowest BCUT2D eigenvalue weighted by molar-refractivity contribution is 0.668. The maximum atomic E-state index is 5.69. The van der Waals surface area contributed by atoms with Crippen LogP contribution < -0.4 is 11.5 Å². The molecule has 1 aromatic rings. The van der Waals surface area contributed by atoms with Crippen LogP contribution in [0.3, 0.4) is 0 Å². The maximum absolute atomic E-state index is 5.69. The minimum atomic E-state index is -0.0278. The van der Waals surface area contributed by atoms with Gasteiger partial charge in [-0.2, -0.15) is 0 Å². The zero-order valence-corrected chi connectivity index (χ0v) is 6.12. The number of nitrogens with two attached hydrogens (primary N) is 2. The molecular weight excluding hydrogens is 126 g/mol. The fourth-order valence-electron chi connectivity index (χ4n) is 0.980. The Labute approximate surface area is 60.6 Å². The van der Waals surface area contributed by atoms with Crippen molar-refractivity contribution in [2.75, 3.05) is 6.54 Å². The van der Waals surface area contributed by atoms with Gasteiger partial charge in [0.25, 0.3) is 0 Å². The quantitative estimate of drug-likeness (QED) is 0.605. The summed E-state index contributed by atoms with van der Waals surface area (Å²) in [5, 5.41) is 0. The highest BCUT2D eigenvalue weighted by Crippen LogP contribution is 2.07. The molecule has 3 nitrogen and oxygen atoms in total. The minimum Gasteiger partial charge on any atom is -0.353 e. The van der Waals surface area contributed by atoms with Gasteiger partial charge in [-0.05, 0) is 12.1 Å². The summed E-state index contributed by atoms with van der Waals surface area (Å²) in [7, 11) is 1.96. The molecule has 1 unspecified atom stereocenters. The molecule has 4 N–H and O–H groups in total. The third-order valence-corrected chi connectivity index (χ3v) is 1.62. The lowest BCUT2D eigenvalue weighted by atomic mass is 10.2. The molecule has 0 saturated heterocycles. The third-order valence-electron chi connectivity index (χ3n) is 1.62. The summed E-state index contributed by atoms with van der Waals surface area (Å²) < 4.78 is 1.98. The van der Waals surface area contributed by atoms with Crippen LogP contribution in [0.5, 0.6) is 0 Å². The predicted molar refractivity (Wildman–Crippen MR) is 41.4 cm³/mol. The smallest absolute Gasteiger partial charge is 0.0574 e. The van der Waals surface area contributed by atoms with Gasteiger partial charge in [0.2, 0.25) is 0 Å².